The van der Waals surface area contributed by atoms with Crippen LogP contribution in [0.3, 0.4) is 0 Å². The summed E-state index contributed by atoms with van der Waals surface area (Å²) >= 11 is 0. The zero-order valence-electron chi connectivity index (χ0n) is 13.1. The maximum absolute atomic E-state index is 13.3. The minimum absolute atomic E-state index is 0.0751. The number of aromatic nitrogens is 1. The van der Waals surface area contributed by atoms with Gasteiger partial charge in [0.25, 0.3) is 10.2 Å². The highest BCUT2D eigenvalue weighted by molar-refractivity contribution is 7.86. The van der Waals surface area contributed by atoms with Gasteiger partial charge >= 0.3 is 0 Å². The van der Waals surface area contributed by atoms with Crippen molar-refractivity contribution in [2.45, 2.75) is 13.0 Å². The zero-order valence-corrected chi connectivity index (χ0v) is 13.9. The van der Waals surface area contributed by atoms with Gasteiger partial charge in [0.2, 0.25) is 5.95 Å². The maximum Gasteiger partial charge on any atom is 0.282 e. The summed E-state index contributed by atoms with van der Waals surface area (Å²) < 4.78 is 46.8. The molecule has 2 fully saturated rings. The van der Waals surface area contributed by atoms with E-state index >= 15 is 0 Å². The molecule has 1 aromatic rings. The van der Waals surface area contributed by atoms with Crippen LogP contribution in [0.15, 0.2) is 18.2 Å². The number of hydrogen-bond donors (Lipinski definition) is 0. The van der Waals surface area contributed by atoms with Crippen LogP contribution in [0, 0.1) is 5.95 Å². The van der Waals surface area contributed by atoms with Crippen LogP contribution in [-0.2, 0) is 14.9 Å². The van der Waals surface area contributed by atoms with Gasteiger partial charge in [-0.2, -0.15) is 21.4 Å². The van der Waals surface area contributed by atoms with E-state index in [0.29, 0.717) is 51.8 Å². The summed E-state index contributed by atoms with van der Waals surface area (Å²) in [5.41, 5.74) is 0. The van der Waals surface area contributed by atoms with Crippen LogP contribution in [0.25, 0.3) is 0 Å². The number of hydrogen-bond acceptors (Lipinski definition) is 5. The highest BCUT2D eigenvalue weighted by Crippen LogP contribution is 2.21. The summed E-state index contributed by atoms with van der Waals surface area (Å²) in [6.07, 6.45) is 0. The van der Waals surface area contributed by atoms with Crippen LogP contribution in [0.1, 0.15) is 6.92 Å². The van der Waals surface area contributed by atoms with Gasteiger partial charge in [-0.25, -0.2) is 4.98 Å². The van der Waals surface area contributed by atoms with Crippen molar-refractivity contribution in [3.8, 4) is 0 Å². The van der Waals surface area contributed by atoms with Gasteiger partial charge in [-0.1, -0.05) is 6.07 Å². The highest BCUT2D eigenvalue weighted by Gasteiger charge is 2.36. The first-order valence-corrected chi connectivity index (χ1v) is 9.10. The van der Waals surface area contributed by atoms with Crippen LogP contribution in [0.4, 0.5) is 10.2 Å². The third-order valence-electron chi connectivity index (χ3n) is 4.21. The third kappa shape index (κ3) is 3.47. The first-order valence-electron chi connectivity index (χ1n) is 7.70. The zero-order chi connectivity index (χ0) is 16.4. The van der Waals surface area contributed by atoms with Crippen LogP contribution >= 0.6 is 0 Å². The molecule has 0 N–H and O–H groups in total. The Hall–Kier alpha value is -1.29. The number of nitrogens with zero attached hydrogens (tertiary/aromatic N) is 4. The molecule has 0 aliphatic carbocycles. The molecule has 0 saturated carbocycles. The monoisotopic (exact) mass is 344 g/mol. The lowest BCUT2D eigenvalue weighted by molar-refractivity contribution is 0.0698. The van der Waals surface area contributed by atoms with Gasteiger partial charge in [-0.3, -0.25) is 0 Å². The summed E-state index contributed by atoms with van der Waals surface area (Å²) in [6, 6.07) is 4.58. The molecule has 23 heavy (non-hydrogen) atoms. The molecule has 0 radical (unpaired) electrons. The summed E-state index contributed by atoms with van der Waals surface area (Å²) in [4.78, 5) is 5.83. The fourth-order valence-corrected chi connectivity index (χ4v) is 4.63. The largest absolute Gasteiger partial charge is 0.379 e. The van der Waals surface area contributed by atoms with E-state index in [9.17, 15) is 12.8 Å². The van der Waals surface area contributed by atoms with Crippen molar-refractivity contribution in [1.82, 2.24) is 13.6 Å². The molecule has 0 amide bonds. The van der Waals surface area contributed by atoms with Crippen LogP contribution in [-0.4, -0.2) is 74.0 Å². The number of piperazine rings is 1. The second-order valence-corrected chi connectivity index (χ2v) is 7.67. The molecule has 2 aliphatic heterocycles. The first-order chi connectivity index (χ1) is 11.0. The highest BCUT2D eigenvalue weighted by atomic mass is 32.2. The fraction of sp³-hybridized carbons (Fsp3) is 0.643. The van der Waals surface area contributed by atoms with Gasteiger partial charge in [0.05, 0.1) is 13.2 Å². The van der Waals surface area contributed by atoms with Crippen molar-refractivity contribution in [2.75, 3.05) is 50.8 Å². The molecule has 128 valence electrons. The molecule has 0 bridgehead atoms. The number of rotatable bonds is 3. The second kappa shape index (κ2) is 6.68. The lowest BCUT2D eigenvalue weighted by atomic mass is 10.2. The molecule has 1 aromatic heterocycles. The number of halogens is 1. The van der Waals surface area contributed by atoms with Crippen molar-refractivity contribution in [2.24, 2.45) is 0 Å². The Morgan fingerprint density at radius 2 is 1.91 bits per heavy atom. The second-order valence-electron chi connectivity index (χ2n) is 5.74. The molecule has 3 rings (SSSR count). The first kappa shape index (κ1) is 16.6. The molecule has 1 unspecified atom stereocenters. The molecule has 0 spiro atoms. The Labute approximate surface area is 135 Å². The molecule has 2 aliphatic rings. The molecule has 0 aromatic carbocycles. The van der Waals surface area contributed by atoms with Crippen LogP contribution in [0.2, 0.25) is 0 Å². The number of anilines is 1. The number of ether oxygens (including phenoxy) is 1. The minimum atomic E-state index is -3.47. The van der Waals surface area contributed by atoms with Gasteiger partial charge in [-0.15, -0.1) is 0 Å². The predicted molar refractivity (Wildman–Crippen MR) is 83.9 cm³/mol. The van der Waals surface area contributed by atoms with E-state index in [2.05, 4.69) is 4.98 Å². The van der Waals surface area contributed by atoms with Gasteiger partial charge in [0.1, 0.15) is 5.82 Å². The van der Waals surface area contributed by atoms with Crippen molar-refractivity contribution in [1.29, 1.82) is 0 Å². The molecular formula is C14H21FN4O3S. The molecule has 9 heteroatoms. The Kier molecular flexibility index (Phi) is 4.81. The van der Waals surface area contributed by atoms with Crippen molar-refractivity contribution >= 4 is 16.0 Å². The van der Waals surface area contributed by atoms with Crippen LogP contribution in [0.5, 0.6) is 0 Å². The molecule has 7 nitrogen and oxygen atoms in total. The standard InChI is InChI=1S/C14H21FN4O3S/c1-12-11-18(23(20,21)17-7-9-22-10-8-17)5-6-19(12)14-4-2-3-13(15)16-14/h2-4,12H,5-11H2,1H3. The lowest BCUT2D eigenvalue weighted by Crippen LogP contribution is -2.58. The number of pyridine rings is 1. The maximum atomic E-state index is 13.3. The summed E-state index contributed by atoms with van der Waals surface area (Å²) in [5.74, 6) is 0.0130. The van der Waals surface area contributed by atoms with E-state index < -0.39 is 16.2 Å². The average Bonchev–Trinajstić information content (AvgIpc) is 2.55. The lowest BCUT2D eigenvalue weighted by Gasteiger charge is -2.41. The van der Waals surface area contributed by atoms with Gasteiger partial charge in [0.15, 0.2) is 0 Å². The van der Waals surface area contributed by atoms with Gasteiger partial charge < -0.3 is 9.64 Å². The smallest absolute Gasteiger partial charge is 0.282 e. The third-order valence-corrected chi connectivity index (χ3v) is 6.21. The van der Waals surface area contributed by atoms with E-state index in [0.717, 1.165) is 0 Å². The Balaban J connectivity index is 1.70. The van der Waals surface area contributed by atoms with E-state index in [1.54, 1.807) is 12.1 Å². The summed E-state index contributed by atoms with van der Waals surface area (Å²) in [5, 5.41) is 0. The Morgan fingerprint density at radius 1 is 1.17 bits per heavy atom. The van der Waals surface area contributed by atoms with Crippen molar-refractivity contribution in [3.05, 3.63) is 24.1 Å². The minimum Gasteiger partial charge on any atom is -0.379 e. The SMILES string of the molecule is CC1CN(S(=O)(=O)N2CCOCC2)CCN1c1cccc(F)n1. The Morgan fingerprint density at radius 3 is 2.57 bits per heavy atom. The molecule has 2 saturated heterocycles. The molecular weight excluding hydrogens is 323 g/mol. The van der Waals surface area contributed by atoms with Gasteiger partial charge in [0, 0.05) is 38.8 Å². The van der Waals surface area contributed by atoms with Crippen LogP contribution < -0.4 is 4.90 Å². The molecule has 1 atom stereocenters. The quantitative estimate of drug-likeness (QED) is 0.739. The van der Waals surface area contributed by atoms with E-state index in [4.69, 9.17) is 4.74 Å². The molecule has 3 heterocycles. The topological polar surface area (TPSA) is 66.0 Å². The summed E-state index contributed by atoms with van der Waals surface area (Å²) in [6.45, 7) is 4.78. The predicted octanol–water partition coefficient (Wildman–Crippen LogP) is 0.308. The van der Waals surface area contributed by atoms with E-state index in [1.807, 2.05) is 11.8 Å². The normalized spacial score (nSPS) is 24.8. The van der Waals surface area contributed by atoms with E-state index in [1.165, 1.54) is 14.7 Å². The number of morpholine rings is 1. The summed E-state index contributed by atoms with van der Waals surface area (Å²) in [7, 11) is -3.47. The van der Waals surface area contributed by atoms with Crippen molar-refractivity contribution < 1.29 is 17.5 Å². The Bertz CT molecular complexity index is 651. The fourth-order valence-electron chi connectivity index (χ4n) is 2.97. The average molecular weight is 344 g/mol. The van der Waals surface area contributed by atoms with Gasteiger partial charge in [-0.05, 0) is 19.1 Å². The van der Waals surface area contributed by atoms with E-state index in [-0.39, 0.29) is 6.04 Å². The van der Waals surface area contributed by atoms with Crippen molar-refractivity contribution in [3.63, 3.8) is 0 Å².